The Labute approximate surface area is 103 Å². The summed E-state index contributed by atoms with van der Waals surface area (Å²) in [5.41, 5.74) is -0.924. The topological polar surface area (TPSA) is 46.6 Å². The Morgan fingerprint density at radius 2 is 1.88 bits per heavy atom. The van der Waals surface area contributed by atoms with Gasteiger partial charge in [0.05, 0.1) is 0 Å². The SMILES string of the molecule is CC(=O)C1(C)CN(C(=O)OC(C)(C)C)CC1C. The fourth-order valence-electron chi connectivity index (χ4n) is 2.07. The zero-order chi connectivity index (χ0) is 13.4. The molecule has 0 spiro atoms. The molecule has 0 aliphatic carbocycles. The third kappa shape index (κ3) is 2.99. The van der Waals surface area contributed by atoms with Gasteiger partial charge in [-0.25, -0.2) is 4.79 Å². The number of hydrogen-bond donors (Lipinski definition) is 0. The minimum Gasteiger partial charge on any atom is -0.444 e. The lowest BCUT2D eigenvalue weighted by Crippen LogP contribution is -2.38. The lowest BCUT2D eigenvalue weighted by atomic mass is 9.78. The van der Waals surface area contributed by atoms with E-state index in [1.807, 2.05) is 34.6 Å². The van der Waals surface area contributed by atoms with Crippen LogP contribution in [0.4, 0.5) is 4.79 Å². The summed E-state index contributed by atoms with van der Waals surface area (Å²) in [5.74, 6) is 0.309. The molecule has 1 rings (SSSR count). The van der Waals surface area contributed by atoms with E-state index in [1.165, 1.54) is 0 Å². The maximum absolute atomic E-state index is 11.9. The molecule has 2 atom stereocenters. The van der Waals surface area contributed by atoms with Crippen molar-refractivity contribution in [1.82, 2.24) is 4.90 Å². The first-order chi connectivity index (χ1) is 7.56. The average Bonchev–Trinajstić information content (AvgIpc) is 2.42. The lowest BCUT2D eigenvalue weighted by molar-refractivity contribution is -0.126. The van der Waals surface area contributed by atoms with Gasteiger partial charge in [-0.1, -0.05) is 13.8 Å². The van der Waals surface area contributed by atoms with Crippen molar-refractivity contribution in [2.24, 2.45) is 11.3 Å². The van der Waals surface area contributed by atoms with Crippen LogP contribution in [-0.2, 0) is 9.53 Å². The van der Waals surface area contributed by atoms with Crippen LogP contribution in [0.5, 0.6) is 0 Å². The van der Waals surface area contributed by atoms with Crippen molar-refractivity contribution in [3.63, 3.8) is 0 Å². The van der Waals surface area contributed by atoms with E-state index in [1.54, 1.807) is 11.8 Å². The smallest absolute Gasteiger partial charge is 0.410 e. The van der Waals surface area contributed by atoms with E-state index in [-0.39, 0.29) is 17.8 Å². The maximum atomic E-state index is 11.9. The molecule has 0 bridgehead atoms. The van der Waals surface area contributed by atoms with E-state index in [0.29, 0.717) is 13.1 Å². The van der Waals surface area contributed by atoms with Crippen LogP contribution >= 0.6 is 0 Å². The third-order valence-electron chi connectivity index (χ3n) is 3.56. The molecule has 0 aromatic carbocycles. The summed E-state index contributed by atoms with van der Waals surface area (Å²) in [6.45, 7) is 12.1. The minimum absolute atomic E-state index is 0.135. The Morgan fingerprint density at radius 1 is 1.35 bits per heavy atom. The third-order valence-corrected chi connectivity index (χ3v) is 3.56. The molecule has 0 radical (unpaired) electrons. The van der Waals surface area contributed by atoms with Crippen LogP contribution in [0.15, 0.2) is 0 Å². The van der Waals surface area contributed by atoms with E-state index in [2.05, 4.69) is 0 Å². The standard InChI is InChI=1S/C13H23NO3/c1-9-7-14(8-13(9,6)10(2)15)11(16)17-12(3,4)5/h9H,7-8H2,1-6H3. The summed E-state index contributed by atoms with van der Waals surface area (Å²) < 4.78 is 5.32. The number of carbonyl (C=O) groups excluding carboxylic acids is 2. The molecule has 0 aromatic heterocycles. The van der Waals surface area contributed by atoms with Crippen LogP contribution in [0.25, 0.3) is 0 Å². The second kappa shape index (κ2) is 4.31. The molecule has 0 aromatic rings. The Balaban J connectivity index is 2.73. The molecule has 2 unspecified atom stereocenters. The number of amides is 1. The molecule has 1 aliphatic rings. The van der Waals surface area contributed by atoms with Gasteiger partial charge in [-0.2, -0.15) is 0 Å². The summed E-state index contributed by atoms with van der Waals surface area (Å²) >= 11 is 0. The van der Waals surface area contributed by atoms with E-state index in [4.69, 9.17) is 4.74 Å². The zero-order valence-corrected chi connectivity index (χ0v) is 11.7. The largest absolute Gasteiger partial charge is 0.444 e. The number of likely N-dealkylation sites (tertiary alicyclic amines) is 1. The first-order valence-corrected chi connectivity index (χ1v) is 6.05. The van der Waals surface area contributed by atoms with Gasteiger partial charge in [-0.3, -0.25) is 4.79 Å². The van der Waals surface area contributed by atoms with Gasteiger partial charge in [0.2, 0.25) is 0 Å². The molecular weight excluding hydrogens is 218 g/mol. The molecular formula is C13H23NO3. The Kier molecular flexibility index (Phi) is 3.55. The van der Waals surface area contributed by atoms with Crippen molar-refractivity contribution >= 4 is 11.9 Å². The Morgan fingerprint density at radius 3 is 2.24 bits per heavy atom. The van der Waals surface area contributed by atoms with Gasteiger partial charge in [-0.15, -0.1) is 0 Å². The highest BCUT2D eigenvalue weighted by Crippen LogP contribution is 2.36. The summed E-state index contributed by atoms with van der Waals surface area (Å²) in [7, 11) is 0. The monoisotopic (exact) mass is 241 g/mol. The van der Waals surface area contributed by atoms with Crippen molar-refractivity contribution in [2.45, 2.75) is 47.1 Å². The molecule has 4 heteroatoms. The van der Waals surface area contributed by atoms with Gasteiger partial charge in [-0.05, 0) is 33.6 Å². The zero-order valence-electron chi connectivity index (χ0n) is 11.7. The minimum atomic E-state index is -0.491. The predicted octanol–water partition coefficient (Wildman–Crippen LogP) is 2.47. The number of rotatable bonds is 1. The fourth-order valence-corrected chi connectivity index (χ4v) is 2.07. The molecule has 1 amide bonds. The summed E-state index contributed by atoms with van der Waals surface area (Å²) in [6.07, 6.45) is -0.325. The molecule has 1 fully saturated rings. The molecule has 1 heterocycles. The van der Waals surface area contributed by atoms with Gasteiger partial charge in [0, 0.05) is 18.5 Å². The lowest BCUT2D eigenvalue weighted by Gasteiger charge is -2.26. The number of nitrogens with zero attached hydrogens (tertiary/aromatic N) is 1. The molecule has 4 nitrogen and oxygen atoms in total. The van der Waals surface area contributed by atoms with E-state index < -0.39 is 11.0 Å². The molecule has 17 heavy (non-hydrogen) atoms. The first kappa shape index (κ1) is 14.0. The Hall–Kier alpha value is -1.06. The summed E-state index contributed by atoms with van der Waals surface area (Å²) in [4.78, 5) is 25.2. The van der Waals surface area contributed by atoms with Crippen LogP contribution in [-0.4, -0.2) is 35.5 Å². The quantitative estimate of drug-likeness (QED) is 0.708. The normalized spacial score (nSPS) is 29.3. The van der Waals surface area contributed by atoms with Crippen LogP contribution in [0.3, 0.4) is 0 Å². The number of carbonyl (C=O) groups is 2. The highest BCUT2D eigenvalue weighted by molar-refractivity contribution is 5.84. The number of Topliss-reactive ketones (excluding diaryl/α,β-unsaturated/α-hetero) is 1. The van der Waals surface area contributed by atoms with Crippen molar-refractivity contribution in [3.05, 3.63) is 0 Å². The maximum Gasteiger partial charge on any atom is 0.410 e. The highest BCUT2D eigenvalue weighted by atomic mass is 16.6. The molecule has 1 saturated heterocycles. The predicted molar refractivity (Wildman–Crippen MR) is 65.8 cm³/mol. The van der Waals surface area contributed by atoms with Gasteiger partial charge in [0.25, 0.3) is 0 Å². The van der Waals surface area contributed by atoms with Crippen molar-refractivity contribution < 1.29 is 14.3 Å². The van der Waals surface area contributed by atoms with Crippen molar-refractivity contribution in [1.29, 1.82) is 0 Å². The number of ether oxygens (including phenoxy) is 1. The molecule has 98 valence electrons. The highest BCUT2D eigenvalue weighted by Gasteiger charge is 2.46. The van der Waals surface area contributed by atoms with Gasteiger partial charge < -0.3 is 9.64 Å². The van der Waals surface area contributed by atoms with Crippen LogP contribution in [0.1, 0.15) is 41.5 Å². The van der Waals surface area contributed by atoms with E-state index in [0.717, 1.165) is 0 Å². The van der Waals surface area contributed by atoms with E-state index >= 15 is 0 Å². The van der Waals surface area contributed by atoms with Gasteiger partial charge in [0.1, 0.15) is 11.4 Å². The van der Waals surface area contributed by atoms with Gasteiger partial charge >= 0.3 is 6.09 Å². The molecule has 1 aliphatic heterocycles. The van der Waals surface area contributed by atoms with Crippen molar-refractivity contribution in [2.75, 3.05) is 13.1 Å². The van der Waals surface area contributed by atoms with Crippen LogP contribution in [0, 0.1) is 11.3 Å². The fraction of sp³-hybridized carbons (Fsp3) is 0.846. The average molecular weight is 241 g/mol. The summed E-state index contributed by atoms with van der Waals surface area (Å²) in [5, 5.41) is 0. The molecule has 0 N–H and O–H groups in total. The first-order valence-electron chi connectivity index (χ1n) is 6.05. The van der Waals surface area contributed by atoms with Crippen LogP contribution in [0.2, 0.25) is 0 Å². The van der Waals surface area contributed by atoms with Crippen molar-refractivity contribution in [3.8, 4) is 0 Å². The Bertz CT molecular complexity index is 332. The number of ketones is 1. The van der Waals surface area contributed by atoms with Crippen LogP contribution < -0.4 is 0 Å². The van der Waals surface area contributed by atoms with E-state index in [9.17, 15) is 9.59 Å². The number of hydrogen-bond acceptors (Lipinski definition) is 3. The van der Waals surface area contributed by atoms with Gasteiger partial charge in [0.15, 0.2) is 0 Å². The second-order valence-corrected chi connectivity index (χ2v) is 6.24. The second-order valence-electron chi connectivity index (χ2n) is 6.24. The molecule has 0 saturated carbocycles. The summed E-state index contributed by atoms with van der Waals surface area (Å²) in [6, 6.07) is 0.